The quantitative estimate of drug-likeness (QED) is 0.808. The molecule has 2 rings (SSSR count). The lowest BCUT2D eigenvalue weighted by atomic mass is 10.1. The molecule has 0 atom stereocenters. The molecule has 1 aliphatic rings. The molecule has 1 saturated heterocycles. The van der Waals surface area contributed by atoms with Crippen molar-refractivity contribution in [2.75, 3.05) is 31.5 Å². The number of anilines is 1. The van der Waals surface area contributed by atoms with Crippen molar-refractivity contribution < 1.29 is 0 Å². The van der Waals surface area contributed by atoms with Crippen LogP contribution in [0.1, 0.15) is 30.4 Å². The smallest absolute Gasteiger partial charge is 0.101 e. The third kappa shape index (κ3) is 3.24. The lowest BCUT2D eigenvalue weighted by Crippen LogP contribution is -2.22. The first-order chi connectivity index (χ1) is 8.81. The molecule has 0 amide bonds. The second-order valence-electron chi connectivity index (χ2n) is 4.94. The molecule has 1 aromatic rings. The molecule has 96 valence electrons. The first-order valence-electron chi connectivity index (χ1n) is 6.77. The molecule has 3 heteroatoms. The van der Waals surface area contributed by atoms with E-state index in [0.717, 1.165) is 29.8 Å². The van der Waals surface area contributed by atoms with Gasteiger partial charge in [0, 0.05) is 6.54 Å². The number of hydrogen-bond acceptors (Lipinski definition) is 3. The van der Waals surface area contributed by atoms with Crippen LogP contribution >= 0.6 is 0 Å². The highest BCUT2D eigenvalue weighted by molar-refractivity contribution is 5.62. The van der Waals surface area contributed by atoms with E-state index in [4.69, 9.17) is 5.26 Å². The Balaban J connectivity index is 1.81. The molecular formula is C15H21N3. The van der Waals surface area contributed by atoms with Gasteiger partial charge in [0.05, 0.1) is 11.3 Å². The van der Waals surface area contributed by atoms with Crippen LogP contribution in [0.5, 0.6) is 0 Å². The van der Waals surface area contributed by atoms with Gasteiger partial charge in [0.1, 0.15) is 6.07 Å². The number of benzene rings is 1. The molecule has 0 aliphatic carbocycles. The van der Waals surface area contributed by atoms with Gasteiger partial charge in [-0.05, 0) is 57.5 Å². The largest absolute Gasteiger partial charge is 0.384 e. The third-order valence-electron chi connectivity index (χ3n) is 3.54. The number of para-hydroxylation sites is 1. The molecule has 0 bridgehead atoms. The third-order valence-corrected chi connectivity index (χ3v) is 3.54. The van der Waals surface area contributed by atoms with Crippen LogP contribution in [-0.2, 0) is 0 Å². The van der Waals surface area contributed by atoms with Crippen molar-refractivity contribution in [2.45, 2.75) is 26.2 Å². The van der Waals surface area contributed by atoms with Crippen molar-refractivity contribution in [3.63, 3.8) is 0 Å². The molecule has 1 N–H and O–H groups in total. The Labute approximate surface area is 109 Å². The van der Waals surface area contributed by atoms with Crippen molar-refractivity contribution in [3.8, 4) is 6.07 Å². The summed E-state index contributed by atoms with van der Waals surface area (Å²) < 4.78 is 0. The van der Waals surface area contributed by atoms with Gasteiger partial charge < -0.3 is 10.2 Å². The molecule has 1 aromatic carbocycles. The van der Waals surface area contributed by atoms with Gasteiger partial charge in [-0.15, -0.1) is 0 Å². The summed E-state index contributed by atoms with van der Waals surface area (Å²) in [5, 5.41) is 12.5. The molecule has 18 heavy (non-hydrogen) atoms. The van der Waals surface area contributed by atoms with E-state index in [1.54, 1.807) is 0 Å². The minimum absolute atomic E-state index is 0.746. The fourth-order valence-corrected chi connectivity index (χ4v) is 2.52. The predicted molar refractivity (Wildman–Crippen MR) is 74.7 cm³/mol. The van der Waals surface area contributed by atoms with E-state index in [1.807, 2.05) is 25.1 Å². The van der Waals surface area contributed by atoms with Gasteiger partial charge >= 0.3 is 0 Å². The van der Waals surface area contributed by atoms with E-state index in [0.29, 0.717) is 0 Å². The lowest BCUT2D eigenvalue weighted by molar-refractivity contribution is 0.337. The van der Waals surface area contributed by atoms with E-state index in [1.165, 1.54) is 32.5 Å². The zero-order chi connectivity index (χ0) is 12.8. The molecular weight excluding hydrogens is 222 g/mol. The molecule has 1 aliphatic heterocycles. The number of nitriles is 1. The van der Waals surface area contributed by atoms with E-state index in [9.17, 15) is 0 Å². The van der Waals surface area contributed by atoms with Crippen LogP contribution in [-0.4, -0.2) is 31.1 Å². The predicted octanol–water partition coefficient (Wildman–Crippen LogP) is 2.76. The first kappa shape index (κ1) is 12.9. The summed E-state index contributed by atoms with van der Waals surface area (Å²) in [4.78, 5) is 2.52. The molecule has 3 nitrogen and oxygen atoms in total. The second kappa shape index (κ2) is 6.42. The summed E-state index contributed by atoms with van der Waals surface area (Å²) in [6.07, 6.45) is 3.84. The summed E-state index contributed by atoms with van der Waals surface area (Å²) in [6, 6.07) is 8.10. The normalized spacial score (nSPS) is 15.6. The Hall–Kier alpha value is -1.53. The van der Waals surface area contributed by atoms with Gasteiger partial charge in [-0.1, -0.05) is 12.1 Å². The summed E-state index contributed by atoms with van der Waals surface area (Å²) in [6.45, 7) is 6.67. The first-order valence-corrected chi connectivity index (χ1v) is 6.77. The molecule has 0 radical (unpaired) electrons. The van der Waals surface area contributed by atoms with Crippen LogP contribution in [0, 0.1) is 18.3 Å². The minimum Gasteiger partial charge on any atom is -0.384 e. The fourth-order valence-electron chi connectivity index (χ4n) is 2.52. The molecule has 0 unspecified atom stereocenters. The zero-order valence-corrected chi connectivity index (χ0v) is 11.1. The van der Waals surface area contributed by atoms with Gasteiger partial charge in [-0.3, -0.25) is 0 Å². The minimum atomic E-state index is 0.746. The maximum absolute atomic E-state index is 9.07. The summed E-state index contributed by atoms with van der Waals surface area (Å²) in [5.41, 5.74) is 2.90. The van der Waals surface area contributed by atoms with Gasteiger partial charge in [0.2, 0.25) is 0 Å². The highest BCUT2D eigenvalue weighted by atomic mass is 15.1. The fraction of sp³-hybridized carbons (Fsp3) is 0.533. The number of likely N-dealkylation sites (tertiary alicyclic amines) is 1. The summed E-state index contributed by atoms with van der Waals surface area (Å²) in [5.74, 6) is 0. The van der Waals surface area contributed by atoms with E-state index in [2.05, 4.69) is 16.3 Å². The highest BCUT2D eigenvalue weighted by Crippen LogP contribution is 2.19. The van der Waals surface area contributed by atoms with Crippen LogP contribution in [0.15, 0.2) is 18.2 Å². The topological polar surface area (TPSA) is 39.1 Å². The van der Waals surface area contributed by atoms with Gasteiger partial charge in [-0.25, -0.2) is 0 Å². The number of aryl methyl sites for hydroxylation is 1. The number of nitrogens with one attached hydrogen (secondary N) is 1. The monoisotopic (exact) mass is 243 g/mol. The molecule has 0 aromatic heterocycles. The number of hydrogen-bond donors (Lipinski definition) is 1. The zero-order valence-electron chi connectivity index (χ0n) is 11.1. The Morgan fingerprint density at radius 1 is 1.33 bits per heavy atom. The van der Waals surface area contributed by atoms with E-state index in [-0.39, 0.29) is 0 Å². The van der Waals surface area contributed by atoms with Gasteiger partial charge in [0.25, 0.3) is 0 Å². The number of nitrogens with zero attached hydrogens (tertiary/aromatic N) is 2. The Morgan fingerprint density at radius 3 is 2.83 bits per heavy atom. The Kier molecular flexibility index (Phi) is 4.60. The van der Waals surface area contributed by atoms with Crippen molar-refractivity contribution in [2.24, 2.45) is 0 Å². The lowest BCUT2D eigenvalue weighted by Gasteiger charge is -2.15. The van der Waals surface area contributed by atoms with Crippen molar-refractivity contribution in [3.05, 3.63) is 29.3 Å². The van der Waals surface area contributed by atoms with Crippen LogP contribution < -0.4 is 5.32 Å². The summed E-state index contributed by atoms with van der Waals surface area (Å²) in [7, 11) is 0. The SMILES string of the molecule is Cc1cccc(C#N)c1NCCCN1CCCC1. The van der Waals surface area contributed by atoms with Crippen LogP contribution in [0.3, 0.4) is 0 Å². The molecule has 1 fully saturated rings. The van der Waals surface area contributed by atoms with Crippen molar-refractivity contribution >= 4 is 5.69 Å². The second-order valence-corrected chi connectivity index (χ2v) is 4.94. The van der Waals surface area contributed by atoms with Crippen LogP contribution in [0.2, 0.25) is 0 Å². The van der Waals surface area contributed by atoms with Crippen molar-refractivity contribution in [1.29, 1.82) is 5.26 Å². The maximum Gasteiger partial charge on any atom is 0.101 e. The van der Waals surface area contributed by atoms with E-state index < -0.39 is 0 Å². The van der Waals surface area contributed by atoms with Gasteiger partial charge in [0.15, 0.2) is 0 Å². The summed E-state index contributed by atoms with van der Waals surface area (Å²) >= 11 is 0. The van der Waals surface area contributed by atoms with Crippen molar-refractivity contribution in [1.82, 2.24) is 4.90 Å². The Morgan fingerprint density at radius 2 is 2.11 bits per heavy atom. The maximum atomic E-state index is 9.07. The highest BCUT2D eigenvalue weighted by Gasteiger charge is 2.10. The number of rotatable bonds is 5. The molecule has 0 saturated carbocycles. The van der Waals surface area contributed by atoms with E-state index >= 15 is 0 Å². The standard InChI is InChI=1S/C15H21N3/c1-13-6-4-7-14(12-16)15(13)17-8-5-11-18-9-2-3-10-18/h4,6-7,17H,2-3,5,8-11H2,1H3. The molecule has 0 spiro atoms. The van der Waals surface area contributed by atoms with Crippen LogP contribution in [0.25, 0.3) is 0 Å². The average Bonchev–Trinajstić information content (AvgIpc) is 2.89. The van der Waals surface area contributed by atoms with Crippen LogP contribution in [0.4, 0.5) is 5.69 Å². The molecule has 1 heterocycles. The Bertz CT molecular complexity index is 428. The average molecular weight is 243 g/mol. The van der Waals surface area contributed by atoms with Gasteiger partial charge in [-0.2, -0.15) is 5.26 Å².